The molecule has 1 N–H and O–H groups in total. The molecule has 7 heterocycles. The molecular weight excluding hydrogens is 708 g/mol. The van der Waals surface area contributed by atoms with Crippen LogP contribution in [-0.2, 0) is 11.8 Å². The van der Waals surface area contributed by atoms with Crippen LogP contribution in [0.3, 0.4) is 0 Å². The van der Waals surface area contributed by atoms with Crippen molar-refractivity contribution < 1.29 is 27.8 Å². The molecule has 0 spiro atoms. The molecule has 10 nitrogen and oxygen atoms in total. The summed E-state index contributed by atoms with van der Waals surface area (Å²) < 4.78 is 62.1. The molecule has 13 heteroatoms. The summed E-state index contributed by atoms with van der Waals surface area (Å²) in [4.78, 5) is 16.9. The predicted octanol–water partition coefficient (Wildman–Crippen LogP) is 6.48. The monoisotopic (exact) mass is 751 g/mol. The fourth-order valence-corrected chi connectivity index (χ4v) is 10.5. The van der Waals surface area contributed by atoms with E-state index < -0.39 is 23.3 Å². The third-order valence-electron chi connectivity index (χ3n) is 12.9. The lowest BCUT2D eigenvalue weighted by molar-refractivity contribution is -0.00902. The van der Waals surface area contributed by atoms with Crippen LogP contribution in [0.2, 0.25) is 0 Å². The number of ether oxygens (including phenoxy) is 2. The number of phenolic OH excluding ortho intramolecular Hbond substituents is 1. The fraction of sp³-hybridized carbons (Fsp3) is 0.500. The van der Waals surface area contributed by atoms with E-state index >= 15 is 8.78 Å². The summed E-state index contributed by atoms with van der Waals surface area (Å²) in [5.41, 5.74) is 0.0758. The van der Waals surface area contributed by atoms with Gasteiger partial charge in [-0.3, -0.25) is 14.5 Å². The Balaban J connectivity index is 1.16. The number of hydrogen-bond acceptors (Lipinski definition) is 9. The average Bonchev–Trinajstić information content (AvgIpc) is 3.90. The summed E-state index contributed by atoms with van der Waals surface area (Å²) in [5, 5.41) is 17.5. The van der Waals surface area contributed by atoms with Gasteiger partial charge in [-0.15, -0.1) is 6.42 Å². The molecule has 5 aliphatic rings. The van der Waals surface area contributed by atoms with Crippen LogP contribution in [0.25, 0.3) is 43.7 Å². The van der Waals surface area contributed by atoms with Gasteiger partial charge < -0.3 is 19.5 Å². The maximum absolute atomic E-state index is 17.8. The third kappa shape index (κ3) is 5.70. The van der Waals surface area contributed by atoms with E-state index in [0.717, 1.165) is 71.3 Å². The van der Waals surface area contributed by atoms with Crippen molar-refractivity contribution >= 4 is 38.4 Å². The van der Waals surface area contributed by atoms with Crippen LogP contribution >= 0.6 is 0 Å². The van der Waals surface area contributed by atoms with Crippen LogP contribution in [0.5, 0.6) is 11.8 Å². The number of terminal acetylenes is 1. The Morgan fingerprint density at radius 1 is 1.04 bits per heavy atom. The van der Waals surface area contributed by atoms with E-state index in [2.05, 4.69) is 20.6 Å². The first kappa shape index (κ1) is 34.8. The molecule has 286 valence electrons. The second-order valence-electron chi connectivity index (χ2n) is 16.3. The van der Waals surface area contributed by atoms with Crippen LogP contribution in [0.1, 0.15) is 56.9 Å². The first-order chi connectivity index (χ1) is 26.7. The van der Waals surface area contributed by atoms with E-state index in [-0.39, 0.29) is 64.1 Å². The molecule has 1 unspecified atom stereocenters. The van der Waals surface area contributed by atoms with Crippen molar-refractivity contribution in [3.63, 3.8) is 0 Å². The zero-order valence-electron chi connectivity index (χ0n) is 30.9. The number of anilines is 1. The van der Waals surface area contributed by atoms with Gasteiger partial charge in [0.2, 0.25) is 0 Å². The molecule has 2 aromatic heterocycles. The lowest BCUT2D eigenvalue weighted by atomic mass is 9.91. The van der Waals surface area contributed by atoms with Crippen molar-refractivity contribution in [1.29, 1.82) is 0 Å². The van der Waals surface area contributed by atoms with Gasteiger partial charge in [-0.1, -0.05) is 12.0 Å². The van der Waals surface area contributed by atoms with Crippen LogP contribution in [0.15, 0.2) is 30.5 Å². The van der Waals surface area contributed by atoms with E-state index in [4.69, 9.17) is 31.0 Å². The van der Waals surface area contributed by atoms with Gasteiger partial charge in [0.25, 0.3) is 0 Å². The highest BCUT2D eigenvalue weighted by atomic mass is 19.1. The minimum absolute atomic E-state index is 0.0210. The maximum Gasteiger partial charge on any atom is 0.319 e. The molecule has 5 aromatic rings. The SMILES string of the molecule is C#Cc1c(F)ccc2cc(O)cc(-c3c(F)c4nc(OC[C@@]56CCCN5C[C@H](F)C6)nc(N5[C@@H]6CC[C@H]5CN(CC5CCCCO5)C6)c4c4cn(C)nc34)c12. The Morgan fingerprint density at radius 3 is 2.65 bits per heavy atom. The number of benzene rings is 3. The van der Waals surface area contributed by atoms with E-state index in [1.54, 1.807) is 11.7 Å². The minimum atomic E-state index is -0.934. The molecule has 2 bridgehead atoms. The molecule has 0 radical (unpaired) electrons. The maximum atomic E-state index is 17.8. The minimum Gasteiger partial charge on any atom is -0.508 e. The van der Waals surface area contributed by atoms with Gasteiger partial charge in [0.15, 0.2) is 5.82 Å². The van der Waals surface area contributed by atoms with Gasteiger partial charge in [-0.25, -0.2) is 13.2 Å². The largest absolute Gasteiger partial charge is 0.508 e. The molecular formula is C42H44F3N7O3. The highest BCUT2D eigenvalue weighted by Gasteiger charge is 2.50. The molecule has 5 fully saturated rings. The Morgan fingerprint density at radius 2 is 1.87 bits per heavy atom. The second-order valence-corrected chi connectivity index (χ2v) is 16.3. The molecule has 55 heavy (non-hydrogen) atoms. The average molecular weight is 752 g/mol. The van der Waals surface area contributed by atoms with Crippen LogP contribution in [0, 0.1) is 24.0 Å². The highest BCUT2D eigenvalue weighted by Crippen LogP contribution is 2.47. The number of likely N-dealkylation sites (tertiary alicyclic amines) is 1. The number of aryl methyl sites for hydroxylation is 1. The van der Waals surface area contributed by atoms with Crippen molar-refractivity contribution in [2.75, 3.05) is 50.8 Å². The third-order valence-corrected chi connectivity index (χ3v) is 12.9. The number of fused-ring (bicyclic) bond motifs is 7. The zero-order valence-corrected chi connectivity index (χ0v) is 30.9. The lowest BCUT2D eigenvalue weighted by Gasteiger charge is -2.43. The number of phenols is 1. The summed E-state index contributed by atoms with van der Waals surface area (Å²) in [7, 11) is 1.76. The van der Waals surface area contributed by atoms with E-state index in [1.807, 2.05) is 6.20 Å². The highest BCUT2D eigenvalue weighted by molar-refractivity contribution is 6.18. The number of alkyl halides is 1. The molecule has 0 saturated carbocycles. The molecule has 0 aliphatic carbocycles. The van der Waals surface area contributed by atoms with Crippen LogP contribution in [-0.4, -0.2) is 110 Å². The molecule has 10 rings (SSSR count). The first-order valence-electron chi connectivity index (χ1n) is 19.6. The normalized spacial score (nSPS) is 27.1. The smallest absolute Gasteiger partial charge is 0.319 e. The number of aromatic hydroxyl groups is 1. The summed E-state index contributed by atoms with van der Waals surface area (Å²) in [6.45, 7) is 4.71. The standard InChI is InChI=1S/C42H44F3N7O3/c1-3-30-33(44)11-8-24-15-28(53)16-31(34(24)30)35-37(45)39-36(32-22-49(2)48-38(32)35)40(47-41(46-39)55-23-42-12-6-13-51(42)18-25(43)17-42)52-26-9-10-27(52)20-50(19-26)21-29-7-4-5-14-54-29/h1,8,11,15-16,22,25-27,29,53H,4-7,9-10,12-14,17-21,23H2,2H3/t25-,26-,27+,29?,42+/m1/s1. The van der Waals surface area contributed by atoms with Gasteiger partial charge in [0.05, 0.1) is 22.6 Å². The molecule has 5 atom stereocenters. The fourth-order valence-electron chi connectivity index (χ4n) is 10.5. The first-order valence-corrected chi connectivity index (χ1v) is 19.6. The number of hydrogen-bond donors (Lipinski definition) is 1. The van der Waals surface area contributed by atoms with Crippen LogP contribution < -0.4 is 9.64 Å². The second kappa shape index (κ2) is 13.2. The Labute approximate surface area is 317 Å². The van der Waals surface area contributed by atoms with Gasteiger partial charge >= 0.3 is 6.01 Å². The molecule has 0 amide bonds. The summed E-state index contributed by atoms with van der Waals surface area (Å²) >= 11 is 0. The Hall–Kier alpha value is -4.64. The lowest BCUT2D eigenvalue weighted by Crippen LogP contribution is -2.55. The quantitative estimate of drug-likeness (QED) is 0.188. The van der Waals surface area contributed by atoms with Crippen molar-refractivity contribution in [2.45, 2.75) is 81.3 Å². The number of nitrogens with zero attached hydrogens (tertiary/aromatic N) is 7. The molecule has 5 aliphatic heterocycles. The summed E-state index contributed by atoms with van der Waals surface area (Å²) in [6, 6.07) is 5.89. The van der Waals surface area contributed by atoms with E-state index in [9.17, 15) is 9.50 Å². The van der Waals surface area contributed by atoms with E-state index in [0.29, 0.717) is 40.5 Å². The number of halogens is 3. The van der Waals surface area contributed by atoms with Crippen molar-refractivity contribution in [3.05, 3.63) is 47.7 Å². The van der Waals surface area contributed by atoms with E-state index in [1.165, 1.54) is 30.7 Å². The van der Waals surface area contributed by atoms with Gasteiger partial charge in [0.1, 0.15) is 41.2 Å². The number of aromatic nitrogens is 4. The summed E-state index contributed by atoms with van der Waals surface area (Å²) in [5.74, 6) is 1.55. The summed E-state index contributed by atoms with van der Waals surface area (Å²) in [6.07, 6.45) is 14.4. The Kier molecular flexibility index (Phi) is 8.39. The van der Waals surface area contributed by atoms with Gasteiger partial charge in [-0.05, 0) is 80.6 Å². The van der Waals surface area contributed by atoms with Crippen LogP contribution in [0.4, 0.5) is 19.0 Å². The van der Waals surface area contributed by atoms with Gasteiger partial charge in [-0.2, -0.15) is 15.1 Å². The van der Waals surface area contributed by atoms with Crippen molar-refractivity contribution in [1.82, 2.24) is 29.5 Å². The van der Waals surface area contributed by atoms with Crippen molar-refractivity contribution in [2.24, 2.45) is 7.05 Å². The number of rotatable bonds is 7. The van der Waals surface area contributed by atoms with Crippen molar-refractivity contribution in [3.8, 4) is 35.2 Å². The molecule has 5 saturated heterocycles. The zero-order chi connectivity index (χ0) is 37.6. The molecule has 3 aromatic carbocycles. The Bertz CT molecular complexity index is 2380. The number of piperazine rings is 1. The van der Waals surface area contributed by atoms with Gasteiger partial charge in [0, 0.05) is 80.9 Å². The predicted molar refractivity (Wildman–Crippen MR) is 204 cm³/mol. The topological polar surface area (TPSA) is 92.0 Å².